The lowest BCUT2D eigenvalue weighted by atomic mass is 10.1. The molecule has 114 valence electrons. The monoisotopic (exact) mass is 294 g/mol. The van der Waals surface area contributed by atoms with Crippen molar-refractivity contribution < 1.29 is 14.3 Å². The molecule has 0 atom stereocenters. The molecule has 0 aromatic heterocycles. The number of hydrogen-bond donors (Lipinski definition) is 2. The Morgan fingerprint density at radius 3 is 2.16 bits per heavy atom. The van der Waals surface area contributed by atoms with Crippen molar-refractivity contribution in [3.63, 3.8) is 0 Å². The molecular formula is C13H27ClN2O3. The van der Waals surface area contributed by atoms with Gasteiger partial charge in [-0.05, 0) is 26.7 Å². The highest BCUT2D eigenvalue weighted by molar-refractivity contribution is 5.85. The standard InChI is InChI=1S/C13H26N2O3.ClH/c1-13(2,14)12(17)15-10-8-6-4-5-7-9-11(16)18-3;/h4-10,14H2,1-3H3,(H,15,17);1H. The maximum atomic E-state index is 11.4. The molecule has 1 amide bonds. The Labute approximate surface area is 122 Å². The Morgan fingerprint density at radius 2 is 1.63 bits per heavy atom. The summed E-state index contributed by atoms with van der Waals surface area (Å²) < 4.78 is 4.56. The second kappa shape index (κ2) is 11.1. The first-order valence-electron chi connectivity index (χ1n) is 6.52. The smallest absolute Gasteiger partial charge is 0.305 e. The summed E-state index contributed by atoms with van der Waals surface area (Å²) >= 11 is 0. The number of amides is 1. The number of nitrogens with one attached hydrogen (secondary N) is 1. The summed E-state index contributed by atoms with van der Waals surface area (Å²) in [5.74, 6) is -0.263. The molecule has 3 N–H and O–H groups in total. The van der Waals surface area contributed by atoms with Crippen LogP contribution in [-0.2, 0) is 14.3 Å². The van der Waals surface area contributed by atoms with Gasteiger partial charge in [0, 0.05) is 13.0 Å². The van der Waals surface area contributed by atoms with E-state index in [2.05, 4.69) is 10.1 Å². The highest BCUT2D eigenvalue weighted by atomic mass is 35.5. The number of unbranched alkanes of at least 4 members (excludes halogenated alkanes) is 4. The lowest BCUT2D eigenvalue weighted by molar-refractivity contribution is -0.140. The van der Waals surface area contributed by atoms with Crippen LogP contribution in [0.15, 0.2) is 0 Å². The summed E-state index contributed by atoms with van der Waals surface area (Å²) in [5.41, 5.74) is 4.84. The molecule has 0 aliphatic carbocycles. The van der Waals surface area contributed by atoms with Crippen molar-refractivity contribution in [1.29, 1.82) is 0 Å². The van der Waals surface area contributed by atoms with Gasteiger partial charge >= 0.3 is 5.97 Å². The summed E-state index contributed by atoms with van der Waals surface area (Å²) in [4.78, 5) is 22.3. The molecule has 0 heterocycles. The number of rotatable bonds is 9. The molecular weight excluding hydrogens is 268 g/mol. The lowest BCUT2D eigenvalue weighted by Gasteiger charge is -2.17. The number of carbonyl (C=O) groups is 2. The quantitative estimate of drug-likeness (QED) is 0.502. The number of ether oxygens (including phenoxy) is 1. The highest BCUT2D eigenvalue weighted by Crippen LogP contribution is 2.05. The van der Waals surface area contributed by atoms with Gasteiger partial charge in [0.25, 0.3) is 0 Å². The Hall–Kier alpha value is -0.810. The maximum absolute atomic E-state index is 11.4. The van der Waals surface area contributed by atoms with Crippen molar-refractivity contribution in [3.05, 3.63) is 0 Å². The summed E-state index contributed by atoms with van der Waals surface area (Å²) in [6.07, 6.45) is 5.44. The molecule has 0 aliphatic heterocycles. The molecule has 0 aromatic carbocycles. The largest absolute Gasteiger partial charge is 0.469 e. The van der Waals surface area contributed by atoms with Gasteiger partial charge in [-0.1, -0.05) is 19.3 Å². The van der Waals surface area contributed by atoms with Crippen molar-refractivity contribution >= 4 is 24.3 Å². The fraction of sp³-hybridized carbons (Fsp3) is 0.846. The summed E-state index contributed by atoms with van der Waals surface area (Å²) in [5, 5.41) is 2.80. The summed E-state index contributed by atoms with van der Waals surface area (Å²) in [6, 6.07) is 0. The predicted molar refractivity (Wildman–Crippen MR) is 78.2 cm³/mol. The number of hydrogen-bond acceptors (Lipinski definition) is 4. The Kier molecular flexibility index (Phi) is 11.9. The van der Waals surface area contributed by atoms with Crippen LogP contribution in [0.4, 0.5) is 0 Å². The molecule has 0 saturated carbocycles. The third kappa shape index (κ3) is 12.0. The first-order valence-corrected chi connectivity index (χ1v) is 6.52. The minimum Gasteiger partial charge on any atom is -0.469 e. The van der Waals surface area contributed by atoms with Gasteiger partial charge in [0.05, 0.1) is 12.6 Å². The van der Waals surface area contributed by atoms with Crippen LogP contribution in [0, 0.1) is 0 Å². The molecule has 19 heavy (non-hydrogen) atoms. The summed E-state index contributed by atoms with van der Waals surface area (Å²) in [7, 11) is 1.41. The Morgan fingerprint density at radius 1 is 1.11 bits per heavy atom. The van der Waals surface area contributed by atoms with Crippen molar-refractivity contribution in [2.45, 2.75) is 57.9 Å². The van der Waals surface area contributed by atoms with Crippen LogP contribution in [0.2, 0.25) is 0 Å². The van der Waals surface area contributed by atoms with Crippen LogP contribution in [0.25, 0.3) is 0 Å². The number of nitrogens with two attached hydrogens (primary N) is 1. The Bertz CT molecular complexity index is 265. The van der Waals surface area contributed by atoms with Gasteiger partial charge in [-0.25, -0.2) is 0 Å². The fourth-order valence-corrected chi connectivity index (χ4v) is 1.46. The average Bonchev–Trinajstić information content (AvgIpc) is 2.30. The number of halogens is 1. The molecule has 0 aliphatic rings. The summed E-state index contributed by atoms with van der Waals surface area (Å²) in [6.45, 7) is 4.04. The van der Waals surface area contributed by atoms with E-state index >= 15 is 0 Å². The molecule has 0 aromatic rings. The van der Waals surface area contributed by atoms with E-state index in [1.165, 1.54) is 7.11 Å². The van der Waals surface area contributed by atoms with Gasteiger partial charge in [0.2, 0.25) is 5.91 Å². The van der Waals surface area contributed by atoms with Gasteiger partial charge < -0.3 is 15.8 Å². The first-order chi connectivity index (χ1) is 8.38. The Balaban J connectivity index is 0. The molecule has 6 heteroatoms. The average molecular weight is 295 g/mol. The molecule has 0 fully saturated rings. The zero-order valence-corrected chi connectivity index (χ0v) is 13.0. The van der Waals surface area contributed by atoms with E-state index in [0.29, 0.717) is 13.0 Å². The van der Waals surface area contributed by atoms with Crippen molar-refractivity contribution in [3.8, 4) is 0 Å². The second-order valence-electron chi connectivity index (χ2n) is 5.07. The second-order valence-corrected chi connectivity index (χ2v) is 5.07. The maximum Gasteiger partial charge on any atom is 0.305 e. The van der Waals surface area contributed by atoms with Crippen LogP contribution in [0.3, 0.4) is 0 Å². The molecule has 0 unspecified atom stereocenters. The zero-order chi connectivity index (χ0) is 14.0. The molecule has 0 saturated heterocycles. The minimum absolute atomic E-state index is 0. The van der Waals surface area contributed by atoms with E-state index in [0.717, 1.165) is 32.1 Å². The van der Waals surface area contributed by atoms with Gasteiger partial charge in [0.15, 0.2) is 0 Å². The molecule has 0 rings (SSSR count). The number of esters is 1. The van der Waals surface area contributed by atoms with Crippen molar-refractivity contribution in [2.75, 3.05) is 13.7 Å². The van der Waals surface area contributed by atoms with Crippen molar-refractivity contribution in [1.82, 2.24) is 5.32 Å². The van der Waals surface area contributed by atoms with Crippen LogP contribution < -0.4 is 11.1 Å². The SMILES string of the molecule is COC(=O)CCCCCCCNC(=O)C(C)(C)N.Cl. The predicted octanol–water partition coefficient (Wildman–Crippen LogP) is 1.78. The minimum atomic E-state index is -0.805. The van der Waals surface area contributed by atoms with Crippen LogP contribution >= 0.6 is 12.4 Å². The number of carbonyl (C=O) groups excluding carboxylic acids is 2. The topological polar surface area (TPSA) is 81.4 Å². The lowest BCUT2D eigenvalue weighted by Crippen LogP contribution is -2.49. The molecule has 0 radical (unpaired) electrons. The van der Waals surface area contributed by atoms with E-state index in [1.807, 2.05) is 0 Å². The van der Waals surface area contributed by atoms with E-state index in [4.69, 9.17) is 5.73 Å². The van der Waals surface area contributed by atoms with E-state index in [-0.39, 0.29) is 24.3 Å². The van der Waals surface area contributed by atoms with Crippen LogP contribution in [0.5, 0.6) is 0 Å². The van der Waals surface area contributed by atoms with Gasteiger partial charge in [0.1, 0.15) is 0 Å². The highest BCUT2D eigenvalue weighted by Gasteiger charge is 2.20. The van der Waals surface area contributed by atoms with E-state index in [1.54, 1.807) is 13.8 Å². The number of methoxy groups -OCH3 is 1. The normalized spacial score (nSPS) is 10.5. The first kappa shape index (κ1) is 20.5. The van der Waals surface area contributed by atoms with Crippen LogP contribution in [0.1, 0.15) is 52.4 Å². The van der Waals surface area contributed by atoms with Gasteiger partial charge in [-0.15, -0.1) is 12.4 Å². The van der Waals surface area contributed by atoms with E-state index < -0.39 is 5.54 Å². The zero-order valence-electron chi connectivity index (χ0n) is 12.2. The third-order valence-corrected chi connectivity index (χ3v) is 2.66. The third-order valence-electron chi connectivity index (χ3n) is 2.66. The fourth-order valence-electron chi connectivity index (χ4n) is 1.46. The van der Waals surface area contributed by atoms with Crippen molar-refractivity contribution in [2.24, 2.45) is 5.73 Å². The van der Waals surface area contributed by atoms with Gasteiger partial charge in [-0.2, -0.15) is 0 Å². The molecule has 0 spiro atoms. The van der Waals surface area contributed by atoms with E-state index in [9.17, 15) is 9.59 Å². The molecule has 0 bridgehead atoms. The van der Waals surface area contributed by atoms with Gasteiger partial charge in [-0.3, -0.25) is 9.59 Å². The molecule has 5 nitrogen and oxygen atoms in total. The van der Waals surface area contributed by atoms with Crippen LogP contribution in [-0.4, -0.2) is 31.1 Å².